The lowest BCUT2D eigenvalue weighted by Crippen LogP contribution is -2.08. The SMILES string of the molecule is COc1ccc(Br)cc1C=CC(=O)Nc1cc(C)ccc1O. The molecule has 5 heteroatoms. The van der Waals surface area contributed by atoms with E-state index in [1.807, 2.05) is 25.1 Å². The number of ether oxygens (including phenoxy) is 1. The van der Waals surface area contributed by atoms with Crippen LogP contribution in [0.15, 0.2) is 46.9 Å². The molecule has 114 valence electrons. The van der Waals surface area contributed by atoms with Crippen LogP contribution < -0.4 is 10.1 Å². The van der Waals surface area contributed by atoms with E-state index >= 15 is 0 Å². The molecule has 2 aromatic carbocycles. The van der Waals surface area contributed by atoms with Crippen LogP contribution in [0.1, 0.15) is 11.1 Å². The van der Waals surface area contributed by atoms with Crippen molar-refractivity contribution in [3.8, 4) is 11.5 Å². The Labute approximate surface area is 137 Å². The minimum atomic E-state index is -0.331. The highest BCUT2D eigenvalue weighted by Gasteiger charge is 2.05. The molecular weight excluding hydrogens is 346 g/mol. The standard InChI is InChI=1S/C17H16BrNO3/c1-11-3-6-15(20)14(9-11)19-17(21)8-4-12-10-13(18)5-7-16(12)22-2/h3-10,20H,1-2H3,(H,19,21). The zero-order valence-electron chi connectivity index (χ0n) is 12.3. The van der Waals surface area contributed by atoms with Gasteiger partial charge in [0.05, 0.1) is 12.8 Å². The largest absolute Gasteiger partial charge is 0.506 e. The number of hydrogen-bond acceptors (Lipinski definition) is 3. The number of methoxy groups -OCH3 is 1. The van der Waals surface area contributed by atoms with Gasteiger partial charge in [-0.05, 0) is 48.9 Å². The average Bonchev–Trinajstić information content (AvgIpc) is 2.49. The molecule has 22 heavy (non-hydrogen) atoms. The molecule has 0 spiro atoms. The summed E-state index contributed by atoms with van der Waals surface area (Å²) in [6, 6.07) is 10.6. The lowest BCUT2D eigenvalue weighted by Gasteiger charge is -2.07. The van der Waals surface area contributed by atoms with E-state index in [0.717, 1.165) is 15.6 Å². The molecule has 2 rings (SSSR count). The fourth-order valence-electron chi connectivity index (χ4n) is 1.93. The predicted octanol–water partition coefficient (Wildman–Crippen LogP) is 4.12. The smallest absolute Gasteiger partial charge is 0.248 e. The highest BCUT2D eigenvalue weighted by Crippen LogP contribution is 2.25. The van der Waals surface area contributed by atoms with Crippen LogP contribution in [0.3, 0.4) is 0 Å². The van der Waals surface area contributed by atoms with Crippen LogP contribution in [0.25, 0.3) is 6.08 Å². The summed E-state index contributed by atoms with van der Waals surface area (Å²) in [5.41, 5.74) is 2.11. The Bertz CT molecular complexity index is 726. The summed E-state index contributed by atoms with van der Waals surface area (Å²) in [7, 11) is 1.57. The van der Waals surface area contributed by atoms with E-state index in [2.05, 4.69) is 21.2 Å². The number of amides is 1. The number of halogens is 1. The monoisotopic (exact) mass is 361 g/mol. The number of rotatable bonds is 4. The van der Waals surface area contributed by atoms with Crippen LogP contribution >= 0.6 is 15.9 Å². The molecule has 0 saturated heterocycles. The summed E-state index contributed by atoms with van der Waals surface area (Å²) in [4.78, 5) is 12.0. The van der Waals surface area contributed by atoms with Gasteiger partial charge in [0.25, 0.3) is 0 Å². The quantitative estimate of drug-likeness (QED) is 0.635. The lowest BCUT2D eigenvalue weighted by atomic mass is 10.2. The zero-order chi connectivity index (χ0) is 16.1. The minimum Gasteiger partial charge on any atom is -0.506 e. The second-order valence-electron chi connectivity index (χ2n) is 4.73. The zero-order valence-corrected chi connectivity index (χ0v) is 13.8. The molecule has 0 aliphatic rings. The Morgan fingerprint density at radius 3 is 2.77 bits per heavy atom. The molecule has 0 atom stereocenters. The first-order valence-corrected chi connectivity index (χ1v) is 7.41. The maximum absolute atomic E-state index is 12.0. The second-order valence-corrected chi connectivity index (χ2v) is 5.65. The van der Waals surface area contributed by atoms with Gasteiger partial charge in [-0.15, -0.1) is 0 Å². The number of phenols is 1. The number of hydrogen-bond donors (Lipinski definition) is 2. The molecule has 4 nitrogen and oxygen atoms in total. The number of anilines is 1. The van der Waals surface area contributed by atoms with E-state index < -0.39 is 0 Å². The normalized spacial score (nSPS) is 10.7. The molecule has 0 saturated carbocycles. The molecule has 0 heterocycles. The van der Waals surface area contributed by atoms with Gasteiger partial charge in [0.15, 0.2) is 0 Å². The molecule has 0 aliphatic heterocycles. The van der Waals surface area contributed by atoms with Crippen LogP contribution in [-0.4, -0.2) is 18.1 Å². The number of carbonyl (C=O) groups excluding carboxylic acids is 1. The van der Waals surface area contributed by atoms with Gasteiger partial charge >= 0.3 is 0 Å². The number of phenolic OH excluding ortho intramolecular Hbond substituents is 1. The Hall–Kier alpha value is -2.27. The van der Waals surface area contributed by atoms with Gasteiger partial charge in [0.2, 0.25) is 5.91 Å². The van der Waals surface area contributed by atoms with Crippen molar-refractivity contribution in [3.63, 3.8) is 0 Å². The molecule has 0 aromatic heterocycles. The van der Waals surface area contributed by atoms with Gasteiger partial charge in [-0.2, -0.15) is 0 Å². The third-order valence-electron chi connectivity index (χ3n) is 3.02. The summed E-state index contributed by atoms with van der Waals surface area (Å²) in [6.45, 7) is 1.89. The summed E-state index contributed by atoms with van der Waals surface area (Å²) >= 11 is 3.38. The Morgan fingerprint density at radius 2 is 2.05 bits per heavy atom. The lowest BCUT2D eigenvalue weighted by molar-refractivity contribution is -0.111. The molecule has 0 bridgehead atoms. The van der Waals surface area contributed by atoms with E-state index in [1.54, 1.807) is 31.4 Å². The number of carbonyl (C=O) groups is 1. The highest BCUT2D eigenvalue weighted by molar-refractivity contribution is 9.10. The van der Waals surface area contributed by atoms with Crippen molar-refractivity contribution < 1.29 is 14.6 Å². The number of aromatic hydroxyl groups is 1. The maximum Gasteiger partial charge on any atom is 0.248 e. The van der Waals surface area contributed by atoms with Crippen molar-refractivity contribution in [2.24, 2.45) is 0 Å². The predicted molar refractivity (Wildman–Crippen MR) is 91.2 cm³/mol. The van der Waals surface area contributed by atoms with Crippen molar-refractivity contribution in [2.45, 2.75) is 6.92 Å². The fraction of sp³-hybridized carbons (Fsp3) is 0.118. The first-order valence-electron chi connectivity index (χ1n) is 6.62. The Balaban J connectivity index is 2.15. The van der Waals surface area contributed by atoms with E-state index in [-0.39, 0.29) is 11.7 Å². The maximum atomic E-state index is 12.0. The van der Waals surface area contributed by atoms with E-state index in [1.165, 1.54) is 6.08 Å². The van der Waals surface area contributed by atoms with Gasteiger partial charge in [0, 0.05) is 16.1 Å². The third kappa shape index (κ3) is 4.11. The van der Waals surface area contributed by atoms with Gasteiger partial charge in [-0.3, -0.25) is 4.79 Å². The molecule has 0 unspecified atom stereocenters. The van der Waals surface area contributed by atoms with Crippen molar-refractivity contribution in [3.05, 3.63) is 58.1 Å². The molecule has 0 fully saturated rings. The molecule has 1 amide bonds. The van der Waals surface area contributed by atoms with Gasteiger partial charge < -0.3 is 15.2 Å². The van der Waals surface area contributed by atoms with Crippen LogP contribution in [0.4, 0.5) is 5.69 Å². The summed E-state index contributed by atoms with van der Waals surface area (Å²) < 4.78 is 6.14. The molecule has 0 radical (unpaired) electrons. The Morgan fingerprint density at radius 1 is 1.27 bits per heavy atom. The van der Waals surface area contributed by atoms with Gasteiger partial charge in [0.1, 0.15) is 11.5 Å². The number of nitrogens with one attached hydrogen (secondary N) is 1. The third-order valence-corrected chi connectivity index (χ3v) is 3.51. The van der Waals surface area contributed by atoms with Crippen molar-refractivity contribution in [2.75, 3.05) is 12.4 Å². The minimum absolute atomic E-state index is 0.0346. The van der Waals surface area contributed by atoms with E-state index in [9.17, 15) is 9.90 Å². The van der Waals surface area contributed by atoms with E-state index in [0.29, 0.717) is 11.4 Å². The van der Waals surface area contributed by atoms with Crippen molar-refractivity contribution in [1.29, 1.82) is 0 Å². The summed E-state index contributed by atoms with van der Waals surface area (Å²) in [5.74, 6) is 0.376. The van der Waals surface area contributed by atoms with Crippen molar-refractivity contribution >= 4 is 33.6 Å². The van der Waals surface area contributed by atoms with Crippen LogP contribution in [-0.2, 0) is 4.79 Å². The number of aryl methyl sites for hydroxylation is 1. The average molecular weight is 362 g/mol. The second kappa shape index (κ2) is 7.13. The first kappa shape index (κ1) is 16.1. The summed E-state index contributed by atoms with van der Waals surface area (Å²) in [5, 5.41) is 12.4. The van der Waals surface area contributed by atoms with Crippen LogP contribution in [0.2, 0.25) is 0 Å². The molecular formula is C17H16BrNO3. The van der Waals surface area contributed by atoms with Gasteiger partial charge in [-0.25, -0.2) is 0 Å². The highest BCUT2D eigenvalue weighted by atomic mass is 79.9. The van der Waals surface area contributed by atoms with Gasteiger partial charge in [-0.1, -0.05) is 22.0 Å². The molecule has 2 aromatic rings. The first-order chi connectivity index (χ1) is 10.5. The van der Waals surface area contributed by atoms with E-state index in [4.69, 9.17) is 4.74 Å². The van der Waals surface area contributed by atoms with Crippen LogP contribution in [0.5, 0.6) is 11.5 Å². The topological polar surface area (TPSA) is 58.6 Å². The summed E-state index contributed by atoms with van der Waals surface area (Å²) in [6.07, 6.45) is 3.05. The molecule has 0 aliphatic carbocycles. The Kier molecular flexibility index (Phi) is 5.22. The fourth-order valence-corrected chi connectivity index (χ4v) is 2.30. The van der Waals surface area contributed by atoms with Crippen molar-refractivity contribution in [1.82, 2.24) is 0 Å². The molecule has 2 N–H and O–H groups in total. The number of benzene rings is 2. The van der Waals surface area contributed by atoms with Crippen LogP contribution in [0, 0.1) is 6.92 Å².